The maximum Gasteiger partial charge on any atom is 0.307 e. The third kappa shape index (κ3) is 21.2. The van der Waals surface area contributed by atoms with Crippen molar-refractivity contribution in [1.82, 2.24) is 0 Å². The van der Waals surface area contributed by atoms with E-state index in [2.05, 4.69) is 4.74 Å². The zero-order valence-corrected chi connectivity index (χ0v) is 16.1. The maximum atomic E-state index is 10.8. The largest absolute Gasteiger partial charge is 0.469 e. The van der Waals surface area contributed by atoms with Gasteiger partial charge in [0, 0.05) is 7.11 Å². The number of rotatable bonds is 21. The monoisotopic (exact) mass is 382 g/mol. The molecule has 0 aliphatic carbocycles. The van der Waals surface area contributed by atoms with Crippen LogP contribution in [0.1, 0.15) is 6.42 Å². The number of hydrogen-bond acceptors (Lipinski definition) is 9. The fourth-order valence-electron chi connectivity index (χ4n) is 1.60. The summed E-state index contributed by atoms with van der Waals surface area (Å²) in [5, 5.41) is 0. The normalized spacial score (nSPS) is 11.0. The second kappa shape index (κ2) is 22.2. The molecule has 0 atom stereocenters. The lowest BCUT2D eigenvalue weighted by atomic mass is 10.5. The molecule has 0 amide bonds. The molecule has 0 bridgehead atoms. The molecule has 0 spiro atoms. The summed E-state index contributed by atoms with van der Waals surface area (Å²) < 4.78 is 41.2. The molecule has 0 aromatic rings. The third-order valence-corrected chi connectivity index (χ3v) is 2.97. The Bertz CT molecular complexity index is 289. The van der Waals surface area contributed by atoms with Gasteiger partial charge < -0.3 is 37.9 Å². The van der Waals surface area contributed by atoms with E-state index in [1.54, 1.807) is 7.11 Å². The van der Waals surface area contributed by atoms with Crippen LogP contribution in [0.2, 0.25) is 0 Å². The summed E-state index contributed by atoms with van der Waals surface area (Å²) >= 11 is 0. The van der Waals surface area contributed by atoms with Gasteiger partial charge in [0.25, 0.3) is 0 Å². The standard InChI is InChI=1S/C17H34O9/c1-19-5-6-22-9-10-24-13-14-26-16-15-25-12-11-23-8-7-21-4-3-17(18)20-2/h3-16H2,1-2H3. The summed E-state index contributed by atoms with van der Waals surface area (Å²) in [6.45, 7) is 6.62. The van der Waals surface area contributed by atoms with Crippen LogP contribution in [-0.4, -0.2) is 106 Å². The Hall–Kier alpha value is -0.810. The highest BCUT2D eigenvalue weighted by molar-refractivity contribution is 5.69. The molecule has 26 heavy (non-hydrogen) atoms. The first kappa shape index (κ1) is 25.2. The van der Waals surface area contributed by atoms with E-state index in [0.717, 1.165) is 0 Å². The van der Waals surface area contributed by atoms with Gasteiger partial charge in [0.15, 0.2) is 0 Å². The van der Waals surface area contributed by atoms with Crippen LogP contribution in [0.3, 0.4) is 0 Å². The van der Waals surface area contributed by atoms with E-state index in [1.807, 2.05) is 0 Å². The maximum absolute atomic E-state index is 10.8. The van der Waals surface area contributed by atoms with Gasteiger partial charge in [-0.3, -0.25) is 4.79 Å². The first-order valence-corrected chi connectivity index (χ1v) is 8.83. The highest BCUT2D eigenvalue weighted by atomic mass is 16.6. The van der Waals surface area contributed by atoms with Crippen molar-refractivity contribution >= 4 is 5.97 Å². The second-order valence-electron chi connectivity index (χ2n) is 4.99. The van der Waals surface area contributed by atoms with Crippen LogP contribution in [0.4, 0.5) is 0 Å². The van der Waals surface area contributed by atoms with Crippen molar-refractivity contribution in [3.8, 4) is 0 Å². The van der Waals surface area contributed by atoms with Gasteiger partial charge in [-0.25, -0.2) is 0 Å². The minimum atomic E-state index is -0.278. The number of carbonyl (C=O) groups is 1. The summed E-state index contributed by atoms with van der Waals surface area (Å²) in [5.41, 5.74) is 0. The Kier molecular flexibility index (Phi) is 21.5. The van der Waals surface area contributed by atoms with Crippen molar-refractivity contribution in [2.45, 2.75) is 6.42 Å². The minimum absolute atomic E-state index is 0.257. The van der Waals surface area contributed by atoms with Crippen molar-refractivity contribution in [3.63, 3.8) is 0 Å². The first-order chi connectivity index (χ1) is 12.8. The fraction of sp³-hybridized carbons (Fsp3) is 0.941. The third-order valence-electron chi connectivity index (χ3n) is 2.97. The van der Waals surface area contributed by atoms with Crippen LogP contribution < -0.4 is 0 Å². The van der Waals surface area contributed by atoms with E-state index < -0.39 is 0 Å². The summed E-state index contributed by atoms with van der Waals surface area (Å²) in [6, 6.07) is 0. The van der Waals surface area contributed by atoms with Gasteiger partial charge in [0.1, 0.15) is 0 Å². The van der Waals surface area contributed by atoms with Gasteiger partial charge in [-0.2, -0.15) is 0 Å². The van der Waals surface area contributed by atoms with E-state index in [1.165, 1.54) is 7.11 Å². The van der Waals surface area contributed by atoms with E-state index in [4.69, 9.17) is 33.2 Å². The Morgan fingerprint density at radius 1 is 0.500 bits per heavy atom. The Labute approximate surface area is 156 Å². The quantitative estimate of drug-likeness (QED) is 0.205. The van der Waals surface area contributed by atoms with Gasteiger partial charge in [0.2, 0.25) is 0 Å². The molecule has 0 fully saturated rings. The van der Waals surface area contributed by atoms with Gasteiger partial charge in [-0.15, -0.1) is 0 Å². The molecule has 0 aliphatic rings. The smallest absolute Gasteiger partial charge is 0.307 e. The molecule has 9 nitrogen and oxygen atoms in total. The molecular weight excluding hydrogens is 348 g/mol. The molecule has 0 N–H and O–H groups in total. The summed E-state index contributed by atoms with van der Waals surface area (Å²) in [5.74, 6) is -0.278. The van der Waals surface area contributed by atoms with Crippen LogP contribution in [0, 0.1) is 0 Å². The zero-order valence-electron chi connectivity index (χ0n) is 16.1. The lowest BCUT2D eigenvalue weighted by Gasteiger charge is -2.08. The zero-order chi connectivity index (χ0) is 19.1. The van der Waals surface area contributed by atoms with Crippen molar-refractivity contribution in [1.29, 1.82) is 0 Å². The molecule has 0 saturated heterocycles. The van der Waals surface area contributed by atoms with Crippen LogP contribution in [0.5, 0.6) is 0 Å². The second-order valence-corrected chi connectivity index (χ2v) is 4.99. The highest BCUT2D eigenvalue weighted by Crippen LogP contribution is 1.87. The number of carbonyl (C=O) groups excluding carboxylic acids is 1. The number of methoxy groups -OCH3 is 2. The number of ether oxygens (including phenoxy) is 8. The Morgan fingerprint density at radius 2 is 0.808 bits per heavy atom. The highest BCUT2D eigenvalue weighted by Gasteiger charge is 1.99. The molecule has 9 heteroatoms. The molecule has 0 aliphatic heterocycles. The first-order valence-electron chi connectivity index (χ1n) is 8.83. The van der Waals surface area contributed by atoms with Crippen molar-refractivity contribution < 1.29 is 42.7 Å². The van der Waals surface area contributed by atoms with Crippen molar-refractivity contribution in [2.24, 2.45) is 0 Å². The molecule has 0 saturated carbocycles. The van der Waals surface area contributed by atoms with E-state index >= 15 is 0 Å². The molecule has 0 rings (SSSR count). The Balaban J connectivity index is 3.00. The Morgan fingerprint density at radius 3 is 1.12 bits per heavy atom. The lowest BCUT2D eigenvalue weighted by molar-refractivity contribution is -0.141. The van der Waals surface area contributed by atoms with Crippen LogP contribution in [0.15, 0.2) is 0 Å². The fourth-order valence-corrected chi connectivity index (χ4v) is 1.60. The van der Waals surface area contributed by atoms with Crippen LogP contribution >= 0.6 is 0 Å². The topological polar surface area (TPSA) is 90.9 Å². The van der Waals surface area contributed by atoms with Gasteiger partial charge in [-0.1, -0.05) is 0 Å². The van der Waals surface area contributed by atoms with Crippen molar-refractivity contribution in [3.05, 3.63) is 0 Å². The SMILES string of the molecule is COCCOCCOCCOCCOCCOCCOCCC(=O)OC. The average Bonchev–Trinajstić information content (AvgIpc) is 2.66. The van der Waals surface area contributed by atoms with E-state index in [9.17, 15) is 4.79 Å². The summed E-state index contributed by atoms with van der Waals surface area (Å²) in [4.78, 5) is 10.8. The average molecular weight is 382 g/mol. The number of hydrogen-bond donors (Lipinski definition) is 0. The molecule has 0 unspecified atom stereocenters. The molecule has 156 valence electrons. The lowest BCUT2D eigenvalue weighted by Crippen LogP contribution is -2.14. The van der Waals surface area contributed by atoms with Gasteiger partial charge in [0.05, 0.1) is 99.4 Å². The van der Waals surface area contributed by atoms with Gasteiger partial charge in [-0.05, 0) is 0 Å². The molecule has 0 radical (unpaired) electrons. The predicted octanol–water partition coefficient (Wildman–Crippen LogP) is 0.296. The molecule has 0 heterocycles. The molecule has 0 aromatic carbocycles. The van der Waals surface area contributed by atoms with Gasteiger partial charge >= 0.3 is 5.97 Å². The van der Waals surface area contributed by atoms with Crippen molar-refractivity contribution in [2.75, 3.05) is 100 Å². The summed E-state index contributed by atoms with van der Waals surface area (Å²) in [6.07, 6.45) is 0.257. The van der Waals surface area contributed by atoms with E-state index in [-0.39, 0.29) is 12.4 Å². The van der Waals surface area contributed by atoms with Crippen LogP contribution in [0.25, 0.3) is 0 Å². The predicted molar refractivity (Wildman–Crippen MR) is 93.4 cm³/mol. The minimum Gasteiger partial charge on any atom is -0.469 e. The summed E-state index contributed by atoms with van der Waals surface area (Å²) in [7, 11) is 2.99. The molecule has 0 aromatic heterocycles. The van der Waals surface area contributed by atoms with E-state index in [0.29, 0.717) is 85.9 Å². The molecular formula is C17H34O9. The van der Waals surface area contributed by atoms with Crippen LogP contribution in [-0.2, 0) is 42.7 Å². The number of esters is 1.